The zero-order chi connectivity index (χ0) is 21.5. The van der Waals surface area contributed by atoms with Crippen LogP contribution in [-0.4, -0.2) is 34.2 Å². The van der Waals surface area contributed by atoms with Gasteiger partial charge >= 0.3 is 0 Å². The summed E-state index contributed by atoms with van der Waals surface area (Å²) >= 11 is 0. The lowest BCUT2D eigenvalue weighted by atomic mass is 10.1. The highest BCUT2D eigenvalue weighted by molar-refractivity contribution is 5.80. The summed E-state index contributed by atoms with van der Waals surface area (Å²) in [6, 6.07) is 18.0. The van der Waals surface area contributed by atoms with E-state index >= 15 is 0 Å². The fraction of sp³-hybridized carbons (Fsp3) is 0.292. The molecule has 160 valence electrons. The fourth-order valence-corrected chi connectivity index (χ4v) is 3.58. The molecule has 0 saturated carbocycles. The van der Waals surface area contributed by atoms with E-state index in [1.54, 1.807) is 6.21 Å². The molecule has 0 aliphatic carbocycles. The lowest BCUT2D eigenvalue weighted by molar-refractivity contribution is 0.242. The number of nitrogens with zero attached hydrogens (tertiary/aromatic N) is 3. The fourth-order valence-electron chi connectivity index (χ4n) is 3.58. The van der Waals surface area contributed by atoms with Gasteiger partial charge in [0.1, 0.15) is 5.75 Å². The zero-order valence-corrected chi connectivity index (χ0v) is 17.7. The normalized spacial score (nSPS) is 13.8. The number of rotatable bonds is 8. The number of anilines is 1. The highest BCUT2D eigenvalue weighted by atomic mass is 16.5. The van der Waals surface area contributed by atoms with Crippen LogP contribution in [0.25, 0.3) is 0 Å². The van der Waals surface area contributed by atoms with Crippen molar-refractivity contribution in [1.82, 2.24) is 14.9 Å². The number of hydrogen-bond donors (Lipinski definition) is 2. The van der Waals surface area contributed by atoms with E-state index in [1.807, 2.05) is 42.5 Å². The van der Waals surface area contributed by atoms with E-state index in [0.717, 1.165) is 48.5 Å². The summed E-state index contributed by atoms with van der Waals surface area (Å²) in [5.74, 6) is 1.17. The number of hydrogen-bond acceptors (Lipinski definition) is 6. The minimum Gasteiger partial charge on any atom is -0.494 e. The molecule has 0 spiro atoms. The van der Waals surface area contributed by atoms with E-state index in [2.05, 4.69) is 44.5 Å². The molecule has 0 bridgehead atoms. The van der Waals surface area contributed by atoms with Crippen LogP contribution in [0.3, 0.4) is 0 Å². The second-order valence-corrected chi connectivity index (χ2v) is 7.58. The second kappa shape index (κ2) is 10.0. The molecule has 31 heavy (non-hydrogen) atoms. The quantitative estimate of drug-likeness (QED) is 0.433. The Hall–Kier alpha value is -3.45. The molecule has 4 rings (SSSR count). The van der Waals surface area contributed by atoms with Gasteiger partial charge in [0.15, 0.2) is 0 Å². The number of benzene rings is 2. The zero-order valence-electron chi connectivity index (χ0n) is 17.7. The average molecular weight is 418 g/mol. The Morgan fingerprint density at radius 3 is 2.94 bits per heavy atom. The van der Waals surface area contributed by atoms with E-state index in [-0.39, 0.29) is 5.56 Å². The number of nitrogens with one attached hydrogen (secondary N) is 2. The first kappa shape index (κ1) is 20.8. The molecule has 7 heteroatoms. The second-order valence-electron chi connectivity index (χ2n) is 7.58. The third-order valence-electron chi connectivity index (χ3n) is 5.11. The van der Waals surface area contributed by atoms with Crippen molar-refractivity contribution >= 4 is 12.2 Å². The number of H-pyrrole nitrogens is 1. The smallest absolute Gasteiger partial charge is 0.257 e. The van der Waals surface area contributed by atoms with Crippen molar-refractivity contribution in [2.75, 3.05) is 18.6 Å². The van der Waals surface area contributed by atoms with Gasteiger partial charge in [-0.15, -0.1) is 0 Å². The van der Waals surface area contributed by atoms with Crippen LogP contribution < -0.4 is 15.7 Å². The summed E-state index contributed by atoms with van der Waals surface area (Å²) in [5, 5.41) is 4.22. The van der Waals surface area contributed by atoms with Gasteiger partial charge in [0.25, 0.3) is 5.56 Å². The molecule has 1 aliphatic heterocycles. The molecule has 0 saturated heterocycles. The van der Waals surface area contributed by atoms with Crippen LogP contribution in [0.5, 0.6) is 5.75 Å². The topological polar surface area (TPSA) is 82.6 Å². The Kier molecular flexibility index (Phi) is 6.74. The van der Waals surface area contributed by atoms with E-state index in [4.69, 9.17) is 4.74 Å². The Bertz CT molecular complexity index is 1090. The minimum absolute atomic E-state index is 0.115. The standard InChI is InChI=1S/C24H27N5O2/c1-2-13-31-20-10-6-9-19(14-20)15-25-28-24-26-22-11-12-29(17-21(22)23(30)27-24)16-18-7-4-3-5-8-18/h3-10,14-15H,2,11-13,16-17H2,1H3,(H2,26,27,28,30)/b25-15-. The van der Waals surface area contributed by atoms with Crippen LogP contribution in [0.15, 0.2) is 64.5 Å². The van der Waals surface area contributed by atoms with Crippen molar-refractivity contribution in [2.45, 2.75) is 32.9 Å². The van der Waals surface area contributed by atoms with Gasteiger partial charge in [-0.2, -0.15) is 5.10 Å². The van der Waals surface area contributed by atoms with Crippen molar-refractivity contribution in [3.05, 3.63) is 87.3 Å². The van der Waals surface area contributed by atoms with Gasteiger partial charge in [0, 0.05) is 26.1 Å². The first-order chi connectivity index (χ1) is 15.2. The number of fused-ring (bicyclic) bond motifs is 1. The predicted molar refractivity (Wildman–Crippen MR) is 123 cm³/mol. The molecule has 2 aromatic carbocycles. The van der Waals surface area contributed by atoms with E-state index in [1.165, 1.54) is 5.56 Å². The lowest BCUT2D eigenvalue weighted by Crippen LogP contribution is -2.35. The maximum absolute atomic E-state index is 12.6. The monoisotopic (exact) mass is 417 g/mol. The molecule has 0 amide bonds. The molecule has 1 aliphatic rings. The van der Waals surface area contributed by atoms with E-state index in [9.17, 15) is 4.79 Å². The number of aromatic nitrogens is 2. The van der Waals surface area contributed by atoms with Gasteiger partial charge in [-0.05, 0) is 29.7 Å². The van der Waals surface area contributed by atoms with Crippen LogP contribution in [-0.2, 0) is 19.5 Å². The lowest BCUT2D eigenvalue weighted by Gasteiger charge is -2.27. The van der Waals surface area contributed by atoms with Crippen molar-refractivity contribution in [2.24, 2.45) is 5.10 Å². The van der Waals surface area contributed by atoms with E-state index in [0.29, 0.717) is 19.1 Å². The predicted octanol–water partition coefficient (Wildman–Crippen LogP) is 3.56. The number of hydrazone groups is 1. The number of aromatic amines is 1. The van der Waals surface area contributed by atoms with Crippen LogP contribution in [0.1, 0.15) is 35.7 Å². The molecule has 0 unspecified atom stereocenters. The van der Waals surface area contributed by atoms with Gasteiger partial charge in [-0.1, -0.05) is 49.4 Å². The van der Waals surface area contributed by atoms with Gasteiger partial charge < -0.3 is 4.74 Å². The van der Waals surface area contributed by atoms with E-state index < -0.39 is 0 Å². The first-order valence-electron chi connectivity index (χ1n) is 10.6. The van der Waals surface area contributed by atoms with Crippen LogP contribution in [0, 0.1) is 0 Å². The van der Waals surface area contributed by atoms with Crippen LogP contribution in [0.4, 0.5) is 5.95 Å². The molecule has 0 radical (unpaired) electrons. The maximum atomic E-state index is 12.6. The molecular formula is C24H27N5O2. The Morgan fingerprint density at radius 2 is 2.10 bits per heavy atom. The first-order valence-corrected chi connectivity index (χ1v) is 10.6. The molecule has 2 N–H and O–H groups in total. The summed E-state index contributed by atoms with van der Waals surface area (Å²) in [5.41, 5.74) is 6.44. The SMILES string of the molecule is CCCOc1cccc(/C=N\Nc2nc3c(c(=O)[nH]2)CN(Cc2ccccc2)CC3)c1. The van der Waals surface area contributed by atoms with Crippen molar-refractivity contribution in [3.63, 3.8) is 0 Å². The molecule has 0 fully saturated rings. The Balaban J connectivity index is 1.40. The summed E-state index contributed by atoms with van der Waals surface area (Å²) in [6.45, 7) is 5.04. The molecular weight excluding hydrogens is 390 g/mol. The van der Waals surface area contributed by atoms with Gasteiger partial charge in [-0.3, -0.25) is 14.7 Å². The van der Waals surface area contributed by atoms with Crippen molar-refractivity contribution < 1.29 is 4.74 Å². The summed E-state index contributed by atoms with van der Waals surface area (Å²) in [4.78, 5) is 22.3. The van der Waals surface area contributed by atoms with Crippen molar-refractivity contribution in [3.8, 4) is 5.75 Å². The Morgan fingerprint density at radius 1 is 1.23 bits per heavy atom. The Labute approximate surface area is 181 Å². The minimum atomic E-state index is -0.115. The van der Waals surface area contributed by atoms with Crippen molar-refractivity contribution in [1.29, 1.82) is 0 Å². The molecule has 0 atom stereocenters. The molecule has 3 aromatic rings. The highest BCUT2D eigenvalue weighted by Crippen LogP contribution is 2.17. The average Bonchev–Trinajstić information content (AvgIpc) is 2.79. The summed E-state index contributed by atoms with van der Waals surface area (Å²) in [7, 11) is 0. The third kappa shape index (κ3) is 5.58. The van der Waals surface area contributed by atoms with Crippen LogP contribution >= 0.6 is 0 Å². The third-order valence-corrected chi connectivity index (χ3v) is 5.11. The maximum Gasteiger partial charge on any atom is 0.257 e. The largest absolute Gasteiger partial charge is 0.494 e. The highest BCUT2D eigenvalue weighted by Gasteiger charge is 2.21. The van der Waals surface area contributed by atoms with Gasteiger partial charge in [-0.25, -0.2) is 10.4 Å². The van der Waals surface area contributed by atoms with Gasteiger partial charge in [0.05, 0.1) is 24.1 Å². The van der Waals surface area contributed by atoms with Crippen LogP contribution in [0.2, 0.25) is 0 Å². The summed E-state index contributed by atoms with van der Waals surface area (Å²) < 4.78 is 5.64. The summed E-state index contributed by atoms with van der Waals surface area (Å²) in [6.07, 6.45) is 3.38. The number of ether oxygens (including phenoxy) is 1. The van der Waals surface area contributed by atoms with Gasteiger partial charge in [0.2, 0.25) is 5.95 Å². The molecule has 1 aromatic heterocycles. The molecule has 2 heterocycles. The molecule has 7 nitrogen and oxygen atoms in total.